The molecule has 0 amide bonds. The highest BCUT2D eigenvalue weighted by molar-refractivity contribution is 7.90. The standard InChI is InChI=1S/C22H15F2N3O3S/c23-19-7-6-15(10-14(19)12-25)30-22-18(13-26)17-8-9-27(21(17)11-20(22)24)31(28,29)16-4-2-1-3-5-16/h1-11H,13,26H2. The summed E-state index contributed by atoms with van der Waals surface area (Å²) in [5, 5.41) is 9.37. The number of hydrogen-bond acceptors (Lipinski definition) is 5. The van der Waals surface area contributed by atoms with Gasteiger partial charge in [-0.05, 0) is 30.3 Å². The second-order valence-electron chi connectivity index (χ2n) is 6.59. The van der Waals surface area contributed by atoms with Gasteiger partial charge in [0.1, 0.15) is 17.6 Å². The zero-order valence-corrected chi connectivity index (χ0v) is 16.7. The first-order valence-corrected chi connectivity index (χ1v) is 10.5. The largest absolute Gasteiger partial charge is 0.454 e. The van der Waals surface area contributed by atoms with Crippen molar-refractivity contribution < 1.29 is 21.9 Å². The predicted octanol–water partition coefficient (Wildman–Crippen LogP) is 4.28. The van der Waals surface area contributed by atoms with Crippen LogP contribution in [-0.2, 0) is 16.6 Å². The van der Waals surface area contributed by atoms with E-state index in [0.29, 0.717) is 5.39 Å². The molecule has 0 saturated heterocycles. The first kappa shape index (κ1) is 20.5. The van der Waals surface area contributed by atoms with E-state index < -0.39 is 21.7 Å². The van der Waals surface area contributed by atoms with Crippen molar-refractivity contribution in [3.63, 3.8) is 0 Å². The zero-order chi connectivity index (χ0) is 22.2. The van der Waals surface area contributed by atoms with E-state index >= 15 is 4.39 Å². The maximum Gasteiger partial charge on any atom is 0.268 e. The van der Waals surface area contributed by atoms with E-state index in [2.05, 4.69) is 0 Å². The van der Waals surface area contributed by atoms with Gasteiger partial charge in [-0.3, -0.25) is 0 Å². The van der Waals surface area contributed by atoms with Crippen molar-refractivity contribution in [2.45, 2.75) is 11.4 Å². The molecule has 31 heavy (non-hydrogen) atoms. The summed E-state index contributed by atoms with van der Waals surface area (Å²) in [5.74, 6) is -1.75. The van der Waals surface area contributed by atoms with E-state index in [9.17, 15) is 12.8 Å². The molecular formula is C22H15F2N3O3S. The molecule has 0 aliphatic heterocycles. The third-order valence-electron chi connectivity index (χ3n) is 4.75. The Labute approximate surface area is 176 Å². The van der Waals surface area contributed by atoms with E-state index in [1.54, 1.807) is 24.3 Å². The molecule has 6 nitrogen and oxygen atoms in total. The fourth-order valence-electron chi connectivity index (χ4n) is 3.28. The Balaban J connectivity index is 1.86. The Morgan fingerprint density at radius 1 is 1.03 bits per heavy atom. The minimum atomic E-state index is -3.96. The second kappa shape index (κ2) is 7.83. The molecule has 0 spiro atoms. The van der Waals surface area contributed by atoms with Gasteiger partial charge in [-0.15, -0.1) is 0 Å². The van der Waals surface area contributed by atoms with Crippen LogP contribution in [-0.4, -0.2) is 12.4 Å². The summed E-state index contributed by atoms with van der Waals surface area (Å²) < 4.78 is 61.2. The summed E-state index contributed by atoms with van der Waals surface area (Å²) in [6.45, 7) is -0.148. The molecule has 0 radical (unpaired) electrons. The van der Waals surface area contributed by atoms with Crippen molar-refractivity contribution in [2.24, 2.45) is 5.73 Å². The fraction of sp³-hybridized carbons (Fsp3) is 0.0455. The first-order valence-electron chi connectivity index (χ1n) is 9.07. The number of ether oxygens (including phenoxy) is 1. The molecule has 0 unspecified atom stereocenters. The minimum Gasteiger partial charge on any atom is -0.454 e. The molecule has 0 bridgehead atoms. The van der Waals surface area contributed by atoms with Crippen LogP contribution in [0.15, 0.2) is 71.8 Å². The third-order valence-corrected chi connectivity index (χ3v) is 6.46. The van der Waals surface area contributed by atoms with Crippen molar-refractivity contribution >= 4 is 20.9 Å². The first-order chi connectivity index (χ1) is 14.9. The highest BCUT2D eigenvalue weighted by Gasteiger charge is 2.23. The van der Waals surface area contributed by atoms with Gasteiger partial charge in [0.2, 0.25) is 0 Å². The highest BCUT2D eigenvalue weighted by atomic mass is 32.2. The Morgan fingerprint density at radius 2 is 1.77 bits per heavy atom. The van der Waals surface area contributed by atoms with Crippen LogP contribution in [0, 0.1) is 23.0 Å². The summed E-state index contributed by atoms with van der Waals surface area (Å²) in [6, 6.07) is 15.4. The molecule has 1 heterocycles. The van der Waals surface area contributed by atoms with Gasteiger partial charge >= 0.3 is 0 Å². The number of nitrogens with zero attached hydrogens (tertiary/aromatic N) is 2. The van der Waals surface area contributed by atoms with Gasteiger partial charge in [0.05, 0.1) is 16.0 Å². The molecule has 0 aliphatic rings. The minimum absolute atomic E-state index is 0.0437. The van der Waals surface area contributed by atoms with Crippen LogP contribution in [0.4, 0.5) is 8.78 Å². The molecule has 9 heteroatoms. The third kappa shape index (κ3) is 3.52. The Hall–Kier alpha value is -3.74. The lowest BCUT2D eigenvalue weighted by Crippen LogP contribution is -2.12. The number of nitriles is 1. The maximum atomic E-state index is 15.0. The van der Waals surface area contributed by atoms with Gasteiger partial charge in [-0.2, -0.15) is 5.26 Å². The Kier molecular flexibility index (Phi) is 5.19. The maximum absolute atomic E-state index is 15.0. The molecule has 0 fully saturated rings. The van der Waals surface area contributed by atoms with E-state index in [-0.39, 0.29) is 39.6 Å². The number of hydrogen-bond donors (Lipinski definition) is 1. The number of halogens is 2. The average molecular weight is 439 g/mol. The Morgan fingerprint density at radius 3 is 2.45 bits per heavy atom. The molecule has 4 aromatic rings. The average Bonchev–Trinajstić information content (AvgIpc) is 3.20. The van der Waals surface area contributed by atoms with Gasteiger partial charge < -0.3 is 10.5 Å². The molecule has 3 aromatic carbocycles. The summed E-state index contributed by atoms with van der Waals surface area (Å²) in [6.07, 6.45) is 1.32. The van der Waals surface area contributed by atoms with Gasteiger partial charge in [-0.1, -0.05) is 18.2 Å². The summed E-state index contributed by atoms with van der Waals surface area (Å²) >= 11 is 0. The lowest BCUT2D eigenvalue weighted by Gasteiger charge is -2.14. The topological polar surface area (TPSA) is 98.1 Å². The molecule has 156 valence electrons. The van der Waals surface area contributed by atoms with Crippen LogP contribution >= 0.6 is 0 Å². The van der Waals surface area contributed by atoms with Crippen LogP contribution in [0.1, 0.15) is 11.1 Å². The van der Waals surface area contributed by atoms with Crippen molar-refractivity contribution in [3.05, 3.63) is 89.6 Å². The lowest BCUT2D eigenvalue weighted by molar-refractivity contribution is 0.436. The second-order valence-corrected chi connectivity index (χ2v) is 8.40. The number of rotatable bonds is 5. The summed E-state index contributed by atoms with van der Waals surface area (Å²) in [7, 11) is -3.96. The normalized spacial score (nSPS) is 11.4. The molecule has 0 atom stereocenters. The fourth-order valence-corrected chi connectivity index (χ4v) is 4.63. The van der Waals surface area contributed by atoms with Crippen LogP contribution in [0.2, 0.25) is 0 Å². The zero-order valence-electron chi connectivity index (χ0n) is 15.9. The monoisotopic (exact) mass is 439 g/mol. The van der Waals surface area contributed by atoms with E-state index in [1.807, 2.05) is 0 Å². The van der Waals surface area contributed by atoms with Crippen molar-refractivity contribution in [2.75, 3.05) is 0 Å². The lowest BCUT2D eigenvalue weighted by atomic mass is 10.1. The number of aromatic nitrogens is 1. The van der Waals surface area contributed by atoms with Crippen LogP contribution in [0.25, 0.3) is 10.9 Å². The highest BCUT2D eigenvalue weighted by Crippen LogP contribution is 2.36. The quantitative estimate of drug-likeness (QED) is 0.501. The predicted molar refractivity (Wildman–Crippen MR) is 110 cm³/mol. The Bertz CT molecular complexity index is 1440. The smallest absolute Gasteiger partial charge is 0.268 e. The molecular weight excluding hydrogens is 424 g/mol. The van der Waals surface area contributed by atoms with Gasteiger partial charge in [0.25, 0.3) is 10.0 Å². The van der Waals surface area contributed by atoms with Crippen molar-refractivity contribution in [3.8, 4) is 17.6 Å². The van der Waals surface area contributed by atoms with Crippen LogP contribution in [0.5, 0.6) is 11.5 Å². The molecule has 0 saturated carbocycles. The van der Waals surface area contributed by atoms with Gasteiger partial charge in [0, 0.05) is 35.8 Å². The van der Waals surface area contributed by atoms with Crippen molar-refractivity contribution in [1.29, 1.82) is 5.26 Å². The van der Waals surface area contributed by atoms with E-state index in [1.165, 1.54) is 30.5 Å². The van der Waals surface area contributed by atoms with Gasteiger partial charge in [-0.25, -0.2) is 21.2 Å². The van der Waals surface area contributed by atoms with Crippen LogP contribution < -0.4 is 10.5 Å². The van der Waals surface area contributed by atoms with Crippen LogP contribution in [0.3, 0.4) is 0 Å². The van der Waals surface area contributed by atoms with E-state index in [0.717, 1.165) is 22.2 Å². The number of nitrogens with two attached hydrogens (primary N) is 1. The summed E-state index contributed by atoms with van der Waals surface area (Å²) in [5.41, 5.74) is 5.91. The molecule has 0 aliphatic carbocycles. The van der Waals surface area contributed by atoms with E-state index in [4.69, 9.17) is 15.7 Å². The summed E-state index contributed by atoms with van der Waals surface area (Å²) in [4.78, 5) is 0.0536. The van der Waals surface area contributed by atoms with Crippen molar-refractivity contribution in [1.82, 2.24) is 3.97 Å². The molecule has 1 aromatic heterocycles. The SMILES string of the molecule is N#Cc1cc(Oc2c(F)cc3c(ccn3S(=O)(=O)c3ccccc3)c2CN)ccc1F. The molecule has 2 N–H and O–H groups in total. The van der Waals surface area contributed by atoms with Gasteiger partial charge in [0.15, 0.2) is 11.6 Å². The molecule has 4 rings (SSSR count). The number of benzene rings is 3. The number of fused-ring (bicyclic) bond motifs is 1.